The first-order valence-corrected chi connectivity index (χ1v) is 16.6. The number of aliphatic hydroxyl groups excluding tert-OH is 1. The molecule has 1 heterocycles. The van der Waals surface area contributed by atoms with Crippen molar-refractivity contribution in [2.75, 3.05) is 31.1 Å². The Morgan fingerprint density at radius 3 is 2.70 bits per heavy atom. The molecule has 11 heteroatoms. The average Bonchev–Trinajstić information content (AvgIpc) is 3.01. The number of ether oxygens (including phenoxy) is 1. The highest BCUT2D eigenvalue weighted by Crippen LogP contribution is 2.41. The van der Waals surface area contributed by atoms with E-state index in [2.05, 4.69) is 18.1 Å². The van der Waals surface area contributed by atoms with Gasteiger partial charge < -0.3 is 30.1 Å². The highest BCUT2D eigenvalue weighted by molar-refractivity contribution is 7.76. The molecule has 2 aromatic carbocycles. The van der Waals surface area contributed by atoms with Gasteiger partial charge in [0.2, 0.25) is 0 Å². The predicted molar refractivity (Wildman–Crippen MR) is 173 cm³/mol. The minimum absolute atomic E-state index is 0.0864. The van der Waals surface area contributed by atoms with Gasteiger partial charge in [-0.05, 0) is 97.7 Å². The van der Waals surface area contributed by atoms with E-state index in [9.17, 15) is 23.8 Å². The molecule has 1 aliphatic heterocycles. The van der Waals surface area contributed by atoms with Gasteiger partial charge in [-0.1, -0.05) is 35.9 Å². The summed E-state index contributed by atoms with van der Waals surface area (Å²) in [5.41, 5.74) is 6.46. The first kappa shape index (κ1) is 34.1. The van der Waals surface area contributed by atoms with Gasteiger partial charge in [-0.3, -0.25) is 9.00 Å². The number of allylic oxidation sites excluding steroid dienone is 1. The maximum atomic E-state index is 12.8. The lowest BCUT2D eigenvalue weighted by molar-refractivity contribution is -0.138. The number of carbonyl (C=O) groups is 1. The SMILES string of the molecule is C=CCCCN(CC(O)(C(N)=O)c1ccc2c(c1)N(C[C@@H]1CC[C@H]1[C@@H](O)C=C)CCCCc1cc(Cl)ccc1CO2)S(=O)[O-]. The molecule has 1 fully saturated rings. The molecule has 4 N–H and O–H groups in total. The number of unbranched alkanes of at least 4 members (excludes halogenated alkanes) is 1. The van der Waals surface area contributed by atoms with Crippen molar-refractivity contribution in [2.45, 2.75) is 63.3 Å². The number of aliphatic hydroxyl groups is 2. The lowest BCUT2D eigenvalue weighted by Gasteiger charge is -2.42. The van der Waals surface area contributed by atoms with Crippen molar-refractivity contribution in [3.63, 3.8) is 0 Å². The van der Waals surface area contributed by atoms with E-state index in [1.54, 1.807) is 30.4 Å². The van der Waals surface area contributed by atoms with Crippen LogP contribution in [0.5, 0.6) is 5.75 Å². The Morgan fingerprint density at radius 2 is 2.05 bits per heavy atom. The number of aryl methyl sites for hydroxylation is 1. The minimum Gasteiger partial charge on any atom is -0.760 e. The van der Waals surface area contributed by atoms with Crippen molar-refractivity contribution in [3.8, 4) is 5.75 Å². The molecule has 2 unspecified atom stereocenters. The number of hydrogen-bond donors (Lipinski definition) is 3. The molecule has 0 radical (unpaired) electrons. The number of nitrogens with zero attached hydrogens (tertiary/aromatic N) is 2. The molecule has 5 atom stereocenters. The van der Waals surface area contributed by atoms with Gasteiger partial charge in [0.25, 0.3) is 5.91 Å². The Labute approximate surface area is 267 Å². The number of hydrogen-bond acceptors (Lipinski definition) is 7. The smallest absolute Gasteiger partial charge is 0.255 e. The molecular weight excluding hydrogens is 602 g/mol. The van der Waals surface area contributed by atoms with Crippen molar-refractivity contribution >= 4 is 34.5 Å². The fourth-order valence-electron chi connectivity index (χ4n) is 6.11. The summed E-state index contributed by atoms with van der Waals surface area (Å²) in [4.78, 5) is 15.0. The number of anilines is 1. The molecule has 1 saturated carbocycles. The van der Waals surface area contributed by atoms with Crippen LogP contribution in [0.3, 0.4) is 0 Å². The quantitative estimate of drug-likeness (QED) is 0.167. The van der Waals surface area contributed by atoms with Crippen LogP contribution in [0.1, 0.15) is 55.2 Å². The molecule has 44 heavy (non-hydrogen) atoms. The van der Waals surface area contributed by atoms with Crippen LogP contribution < -0.4 is 15.4 Å². The number of primary amides is 1. The third-order valence-electron chi connectivity index (χ3n) is 8.90. The van der Waals surface area contributed by atoms with E-state index < -0.39 is 35.4 Å². The second kappa shape index (κ2) is 15.5. The second-order valence-corrected chi connectivity index (χ2v) is 13.1. The van der Waals surface area contributed by atoms with Crippen molar-refractivity contribution in [3.05, 3.63) is 83.4 Å². The van der Waals surface area contributed by atoms with Crippen LogP contribution in [0.4, 0.5) is 5.69 Å². The molecule has 0 bridgehead atoms. The van der Waals surface area contributed by atoms with Crippen LogP contribution in [0.15, 0.2) is 61.7 Å². The number of carbonyl (C=O) groups excluding carboxylic acids is 1. The molecule has 2 aromatic rings. The first-order chi connectivity index (χ1) is 21.1. The summed E-state index contributed by atoms with van der Waals surface area (Å²) < 4.78 is 31.5. The first-order valence-electron chi connectivity index (χ1n) is 15.1. The lowest BCUT2D eigenvalue weighted by Crippen LogP contribution is -2.50. The monoisotopic (exact) mass is 644 g/mol. The Morgan fingerprint density at radius 1 is 1.25 bits per heavy atom. The summed E-state index contributed by atoms with van der Waals surface area (Å²) in [6.45, 7) is 8.57. The van der Waals surface area contributed by atoms with Crippen LogP contribution in [-0.4, -0.2) is 61.5 Å². The van der Waals surface area contributed by atoms with E-state index in [4.69, 9.17) is 22.1 Å². The van der Waals surface area contributed by atoms with Crippen LogP contribution in [-0.2, 0) is 34.7 Å². The third kappa shape index (κ3) is 8.10. The standard InChI is InChI=1S/C33H44ClN3O6S/c1-3-5-7-17-37(44(41)42)22-33(40,32(35)39)26-12-15-31-29(19-26)36(20-24-11-14-28(24)30(38)4-2)16-8-6-9-23-18-27(34)13-10-25(23)21-43-31/h3-4,10,12-13,15,18-19,24,28,30,38,40H,1-2,5-9,11,14,16-17,20-22H2,(H2,35,39)(H,41,42)/p-1/t24-,28+,30-,33?/m0/s1. The zero-order valence-corrected chi connectivity index (χ0v) is 26.6. The Kier molecular flexibility index (Phi) is 12.0. The maximum Gasteiger partial charge on any atom is 0.255 e. The second-order valence-electron chi connectivity index (χ2n) is 11.8. The predicted octanol–water partition coefficient (Wildman–Crippen LogP) is 4.37. The summed E-state index contributed by atoms with van der Waals surface area (Å²) in [7, 11) is 0. The van der Waals surface area contributed by atoms with Crippen molar-refractivity contribution in [2.24, 2.45) is 17.6 Å². The largest absolute Gasteiger partial charge is 0.760 e. The van der Waals surface area contributed by atoms with E-state index in [1.807, 2.05) is 18.2 Å². The Bertz CT molecular complexity index is 1360. The number of rotatable bonds is 13. The van der Waals surface area contributed by atoms with E-state index in [0.29, 0.717) is 49.0 Å². The molecule has 0 spiro atoms. The lowest BCUT2D eigenvalue weighted by atomic mass is 9.70. The summed E-state index contributed by atoms with van der Waals surface area (Å²) in [6, 6.07) is 10.7. The number of benzene rings is 2. The maximum absolute atomic E-state index is 12.8. The highest BCUT2D eigenvalue weighted by Gasteiger charge is 2.40. The van der Waals surface area contributed by atoms with Crippen molar-refractivity contribution < 1.29 is 28.5 Å². The molecule has 9 nitrogen and oxygen atoms in total. The Balaban J connectivity index is 1.74. The number of nitrogens with two attached hydrogens (primary N) is 1. The van der Waals surface area contributed by atoms with Gasteiger partial charge in [0.15, 0.2) is 5.60 Å². The fourth-order valence-corrected chi connectivity index (χ4v) is 6.87. The van der Waals surface area contributed by atoms with Crippen molar-refractivity contribution in [1.29, 1.82) is 0 Å². The van der Waals surface area contributed by atoms with Gasteiger partial charge in [0, 0.05) is 35.9 Å². The molecule has 1 amide bonds. The van der Waals surface area contributed by atoms with Gasteiger partial charge in [0.1, 0.15) is 12.4 Å². The summed E-state index contributed by atoms with van der Waals surface area (Å²) in [5, 5.41) is 22.9. The normalized spacial score (nSPS) is 21.3. The molecule has 2 aliphatic rings. The van der Waals surface area contributed by atoms with E-state index in [1.165, 1.54) is 0 Å². The van der Waals surface area contributed by atoms with Crippen LogP contribution in [0, 0.1) is 11.8 Å². The van der Waals surface area contributed by atoms with Gasteiger partial charge in [-0.25, -0.2) is 4.31 Å². The molecule has 1 aliphatic carbocycles. The number of halogens is 1. The Hall–Kier alpha value is -2.73. The average molecular weight is 645 g/mol. The highest BCUT2D eigenvalue weighted by atomic mass is 35.5. The molecular formula is C33H43ClN3O6S-. The molecule has 0 aromatic heterocycles. The van der Waals surface area contributed by atoms with E-state index in [0.717, 1.165) is 47.5 Å². The van der Waals surface area contributed by atoms with Gasteiger partial charge in [0.05, 0.1) is 18.3 Å². The molecule has 240 valence electrons. The van der Waals surface area contributed by atoms with Gasteiger partial charge >= 0.3 is 0 Å². The number of amides is 1. The molecule has 4 rings (SSSR count). The van der Waals surface area contributed by atoms with Crippen LogP contribution in [0.2, 0.25) is 5.02 Å². The van der Waals surface area contributed by atoms with Crippen molar-refractivity contribution in [1.82, 2.24) is 4.31 Å². The fraction of sp³-hybridized carbons (Fsp3) is 0.485. The van der Waals surface area contributed by atoms with E-state index in [-0.39, 0.29) is 23.9 Å². The van der Waals surface area contributed by atoms with E-state index >= 15 is 0 Å². The van der Waals surface area contributed by atoms with Gasteiger partial charge in [-0.15, -0.1) is 13.2 Å². The molecule has 0 saturated heterocycles. The van der Waals surface area contributed by atoms with Gasteiger partial charge in [-0.2, -0.15) is 0 Å². The zero-order chi connectivity index (χ0) is 31.9. The number of fused-ring (bicyclic) bond motifs is 2. The third-order valence-corrected chi connectivity index (χ3v) is 9.87. The minimum atomic E-state index is -2.69. The summed E-state index contributed by atoms with van der Waals surface area (Å²) >= 11 is 3.61. The summed E-state index contributed by atoms with van der Waals surface area (Å²) in [5.74, 6) is -0.208. The van der Waals surface area contributed by atoms with Crippen LogP contribution in [0.25, 0.3) is 0 Å². The topological polar surface area (TPSA) is 139 Å². The zero-order valence-electron chi connectivity index (χ0n) is 25.0. The summed E-state index contributed by atoms with van der Waals surface area (Å²) in [6.07, 6.45) is 8.16. The van der Waals surface area contributed by atoms with Crippen LogP contribution >= 0.6 is 11.6 Å².